The first kappa shape index (κ1) is 24.6. The molecule has 2 amide bonds. The quantitative estimate of drug-likeness (QED) is 0.464. The van der Waals surface area contributed by atoms with Crippen molar-refractivity contribution in [2.75, 3.05) is 6.61 Å². The topological polar surface area (TPSA) is 105 Å². The normalized spacial score (nSPS) is 16.5. The molecule has 2 atom stereocenters. The molecule has 0 aliphatic heterocycles. The second-order valence-electron chi connectivity index (χ2n) is 9.06. The summed E-state index contributed by atoms with van der Waals surface area (Å²) in [4.78, 5) is 36.2. The van der Waals surface area contributed by atoms with Crippen LogP contribution < -0.4 is 10.6 Å². The lowest BCUT2D eigenvalue weighted by molar-refractivity contribution is -0.155. The summed E-state index contributed by atoms with van der Waals surface area (Å²) in [5, 5.41) is 13.3. The Morgan fingerprint density at radius 3 is 2.11 bits per heavy atom. The first-order chi connectivity index (χ1) is 16.7. The van der Waals surface area contributed by atoms with E-state index in [4.69, 9.17) is 4.74 Å². The minimum atomic E-state index is -3.99. The van der Waals surface area contributed by atoms with Gasteiger partial charge in [-0.1, -0.05) is 61.9 Å². The predicted octanol–water partition coefficient (Wildman–Crippen LogP) is 4.31. The van der Waals surface area contributed by atoms with Crippen molar-refractivity contribution in [2.45, 2.75) is 56.5 Å². The highest BCUT2D eigenvalue weighted by Gasteiger charge is 2.55. The first-order valence-electron chi connectivity index (χ1n) is 11.8. The Balaban J connectivity index is 1.43. The Morgan fingerprint density at radius 1 is 1.03 bits per heavy atom. The number of alkyl carbamates (subject to hydrolysis) is 1. The van der Waals surface area contributed by atoms with Gasteiger partial charge in [-0.15, -0.1) is 0 Å². The fourth-order valence-electron chi connectivity index (χ4n) is 4.64. The van der Waals surface area contributed by atoms with Crippen LogP contribution in [0.5, 0.6) is 0 Å². The number of alkyl halides is 2. The second kappa shape index (κ2) is 10.0. The van der Waals surface area contributed by atoms with E-state index in [1.54, 1.807) is 6.92 Å². The maximum Gasteiger partial charge on any atom is 0.407 e. The predicted molar refractivity (Wildman–Crippen MR) is 124 cm³/mol. The Morgan fingerprint density at radius 2 is 1.60 bits per heavy atom. The Bertz CT molecular complexity index is 1070. The lowest BCUT2D eigenvalue weighted by Gasteiger charge is -2.28. The largest absolute Gasteiger partial charge is 0.480 e. The molecule has 3 N–H and O–H groups in total. The van der Waals surface area contributed by atoms with Crippen LogP contribution in [-0.2, 0) is 14.3 Å². The summed E-state index contributed by atoms with van der Waals surface area (Å²) in [6.45, 7) is 1.64. The summed E-state index contributed by atoms with van der Waals surface area (Å²) in [5.41, 5.74) is 4.05. The number of nitrogens with one attached hydrogen (secondary N) is 2. The second-order valence-corrected chi connectivity index (χ2v) is 9.06. The monoisotopic (exact) mass is 486 g/mol. The minimum absolute atomic E-state index is 0.0189. The molecule has 0 heterocycles. The van der Waals surface area contributed by atoms with E-state index in [-0.39, 0.29) is 18.9 Å². The third kappa shape index (κ3) is 5.13. The minimum Gasteiger partial charge on any atom is -0.480 e. The van der Waals surface area contributed by atoms with E-state index in [0.717, 1.165) is 22.3 Å². The van der Waals surface area contributed by atoms with Gasteiger partial charge in [0.1, 0.15) is 18.7 Å². The molecular weight excluding hydrogens is 458 g/mol. The molecule has 2 aromatic rings. The number of ether oxygens (including phenoxy) is 1. The number of hydrogen-bond donors (Lipinski definition) is 3. The summed E-state index contributed by atoms with van der Waals surface area (Å²) < 4.78 is 35.5. The van der Waals surface area contributed by atoms with E-state index < -0.39 is 41.9 Å². The molecule has 35 heavy (non-hydrogen) atoms. The maximum atomic E-state index is 15.1. The number of carboxylic acid groups (broad SMARTS) is 1. The lowest BCUT2D eigenvalue weighted by atomic mass is 9.98. The third-order valence-electron chi connectivity index (χ3n) is 6.58. The van der Waals surface area contributed by atoms with Crippen molar-refractivity contribution < 1.29 is 33.0 Å². The van der Waals surface area contributed by atoms with Gasteiger partial charge in [0.25, 0.3) is 5.91 Å². The van der Waals surface area contributed by atoms with Gasteiger partial charge in [-0.05, 0) is 47.4 Å². The van der Waals surface area contributed by atoms with Gasteiger partial charge in [-0.2, -0.15) is 8.78 Å². The number of rotatable bonds is 10. The SMILES string of the molecule is CCCC(NC(=O)C(F)(F)C(NC(=O)OCC1c2ccccc2-c2ccccc21)C1CC1)C(=O)O. The van der Waals surface area contributed by atoms with Crippen LogP contribution in [0, 0.1) is 5.92 Å². The van der Waals surface area contributed by atoms with Crippen molar-refractivity contribution in [3.8, 4) is 11.1 Å². The smallest absolute Gasteiger partial charge is 0.407 e. The van der Waals surface area contributed by atoms with Gasteiger partial charge in [0.05, 0.1) is 0 Å². The Labute approximate surface area is 201 Å². The molecule has 0 radical (unpaired) electrons. The molecule has 2 unspecified atom stereocenters. The van der Waals surface area contributed by atoms with E-state index in [1.165, 1.54) is 0 Å². The van der Waals surface area contributed by atoms with Crippen molar-refractivity contribution in [2.24, 2.45) is 5.92 Å². The molecule has 2 aromatic carbocycles. The number of carboxylic acids is 1. The van der Waals surface area contributed by atoms with Crippen LogP contribution in [0.15, 0.2) is 48.5 Å². The number of carbonyl (C=O) groups excluding carboxylic acids is 2. The fourth-order valence-corrected chi connectivity index (χ4v) is 4.64. The Hall–Kier alpha value is -3.49. The number of benzene rings is 2. The van der Waals surface area contributed by atoms with Crippen molar-refractivity contribution >= 4 is 18.0 Å². The summed E-state index contributed by atoms with van der Waals surface area (Å²) >= 11 is 0. The summed E-state index contributed by atoms with van der Waals surface area (Å²) in [6.07, 6.45) is 0.223. The summed E-state index contributed by atoms with van der Waals surface area (Å²) in [5.74, 6) is -7.92. The third-order valence-corrected chi connectivity index (χ3v) is 6.58. The number of hydrogen-bond acceptors (Lipinski definition) is 4. The molecule has 0 bridgehead atoms. The molecule has 2 aliphatic carbocycles. The number of carbonyl (C=O) groups is 3. The van der Waals surface area contributed by atoms with E-state index >= 15 is 8.78 Å². The first-order valence-corrected chi connectivity index (χ1v) is 11.8. The molecule has 186 valence electrons. The van der Waals surface area contributed by atoms with Crippen molar-refractivity contribution in [1.82, 2.24) is 10.6 Å². The van der Waals surface area contributed by atoms with Gasteiger partial charge < -0.3 is 20.5 Å². The summed E-state index contributed by atoms with van der Waals surface area (Å²) in [6, 6.07) is 12.3. The standard InChI is InChI=1S/C26H28F2N2O5/c1-2-7-21(23(31)32)29-24(33)26(27,28)22(15-12-13-15)30-25(34)35-14-20-18-10-5-3-8-16(18)17-9-4-6-11-19(17)20/h3-6,8-11,15,20-22H,2,7,12-14H2,1H3,(H,29,33)(H,30,34)(H,31,32). The highest BCUT2D eigenvalue weighted by Crippen LogP contribution is 2.44. The molecular formula is C26H28F2N2O5. The highest BCUT2D eigenvalue weighted by atomic mass is 19.3. The van der Waals surface area contributed by atoms with Gasteiger partial charge in [-0.25, -0.2) is 9.59 Å². The molecule has 0 spiro atoms. The van der Waals surface area contributed by atoms with Crippen molar-refractivity contribution in [3.05, 3.63) is 59.7 Å². The number of aliphatic carboxylic acids is 1. The molecule has 0 saturated heterocycles. The zero-order valence-electron chi connectivity index (χ0n) is 19.3. The van der Waals surface area contributed by atoms with Crippen LogP contribution in [0.25, 0.3) is 11.1 Å². The van der Waals surface area contributed by atoms with Crippen LogP contribution in [0.1, 0.15) is 49.7 Å². The molecule has 7 nitrogen and oxygen atoms in total. The van der Waals surface area contributed by atoms with E-state index in [2.05, 4.69) is 5.32 Å². The van der Waals surface area contributed by atoms with Crippen LogP contribution in [0.3, 0.4) is 0 Å². The Kier molecular flexibility index (Phi) is 7.05. The van der Waals surface area contributed by atoms with E-state index in [0.29, 0.717) is 19.3 Å². The maximum absolute atomic E-state index is 15.1. The zero-order chi connectivity index (χ0) is 25.2. The highest BCUT2D eigenvalue weighted by molar-refractivity contribution is 5.89. The van der Waals surface area contributed by atoms with Gasteiger partial charge in [-0.3, -0.25) is 4.79 Å². The fraction of sp³-hybridized carbons (Fsp3) is 0.423. The van der Waals surface area contributed by atoms with Gasteiger partial charge in [0.2, 0.25) is 0 Å². The van der Waals surface area contributed by atoms with E-state index in [1.807, 2.05) is 53.8 Å². The molecule has 2 aliphatic rings. The van der Waals surface area contributed by atoms with Gasteiger partial charge >= 0.3 is 18.0 Å². The number of amides is 2. The van der Waals surface area contributed by atoms with E-state index in [9.17, 15) is 19.5 Å². The summed E-state index contributed by atoms with van der Waals surface area (Å²) in [7, 11) is 0. The van der Waals surface area contributed by atoms with Crippen LogP contribution in [0.2, 0.25) is 0 Å². The van der Waals surface area contributed by atoms with Gasteiger partial charge in [0, 0.05) is 5.92 Å². The molecule has 0 aromatic heterocycles. The van der Waals surface area contributed by atoms with Crippen LogP contribution in [0.4, 0.5) is 13.6 Å². The van der Waals surface area contributed by atoms with Crippen molar-refractivity contribution in [3.63, 3.8) is 0 Å². The number of halogens is 2. The zero-order valence-corrected chi connectivity index (χ0v) is 19.3. The number of fused-ring (bicyclic) bond motifs is 3. The van der Waals surface area contributed by atoms with Gasteiger partial charge in [0.15, 0.2) is 0 Å². The average Bonchev–Trinajstić information content (AvgIpc) is 3.63. The van der Waals surface area contributed by atoms with Crippen molar-refractivity contribution in [1.29, 1.82) is 0 Å². The molecule has 1 fully saturated rings. The molecule has 9 heteroatoms. The average molecular weight is 487 g/mol. The van der Waals surface area contributed by atoms with Crippen LogP contribution >= 0.6 is 0 Å². The molecule has 1 saturated carbocycles. The lowest BCUT2D eigenvalue weighted by Crippen LogP contribution is -2.59. The van der Waals surface area contributed by atoms with Crippen LogP contribution in [-0.4, -0.2) is 47.7 Å². The molecule has 4 rings (SSSR count).